The van der Waals surface area contributed by atoms with Crippen molar-refractivity contribution in [3.63, 3.8) is 0 Å². The van der Waals surface area contributed by atoms with E-state index < -0.39 is 45.5 Å². The average molecular weight is 443 g/mol. The predicted octanol–water partition coefficient (Wildman–Crippen LogP) is 3.77. The zero-order chi connectivity index (χ0) is 24.8. The van der Waals surface area contributed by atoms with Gasteiger partial charge in [0.2, 0.25) is 0 Å². The molecule has 1 atom stereocenters. The lowest BCUT2D eigenvalue weighted by atomic mass is 9.64. The van der Waals surface area contributed by atoms with Crippen LogP contribution in [-0.2, 0) is 33.4 Å². The number of carbonyl (C=O) groups is 4. The molecule has 0 aliphatic carbocycles. The maximum atomic E-state index is 13.1. The van der Waals surface area contributed by atoms with Gasteiger partial charge in [0.1, 0.15) is 13.2 Å². The number of ether oxygens (including phenoxy) is 3. The summed E-state index contributed by atoms with van der Waals surface area (Å²) < 4.78 is 15.4. The van der Waals surface area contributed by atoms with Crippen LogP contribution in [0.4, 0.5) is 0 Å². The van der Waals surface area contributed by atoms with Crippen LogP contribution in [0.5, 0.6) is 0 Å². The fourth-order valence-electron chi connectivity index (χ4n) is 2.50. The van der Waals surface area contributed by atoms with E-state index in [1.807, 2.05) is 6.92 Å². The monoisotopic (exact) mass is 442 g/mol. The second-order valence-electron chi connectivity index (χ2n) is 9.59. The summed E-state index contributed by atoms with van der Waals surface area (Å²) in [5.41, 5.74) is -4.44. The number of aliphatic carboxylic acids is 1. The molecule has 0 aromatic rings. The molecule has 0 amide bonds. The van der Waals surface area contributed by atoms with Gasteiger partial charge in [-0.05, 0) is 61.8 Å². The Morgan fingerprint density at radius 1 is 0.839 bits per heavy atom. The molecule has 31 heavy (non-hydrogen) atoms. The number of methoxy groups -OCH3 is 1. The van der Waals surface area contributed by atoms with Crippen molar-refractivity contribution in [1.29, 1.82) is 0 Å². The molecule has 0 spiro atoms. The van der Waals surface area contributed by atoms with Gasteiger partial charge in [-0.25, -0.2) is 0 Å². The summed E-state index contributed by atoms with van der Waals surface area (Å²) in [6.07, 6.45) is 2.05. The van der Waals surface area contributed by atoms with Crippen LogP contribution < -0.4 is 0 Å². The fraction of sp³-hybridized carbons (Fsp3) is 0.739. The van der Waals surface area contributed by atoms with Gasteiger partial charge in [-0.3, -0.25) is 19.2 Å². The number of esters is 3. The van der Waals surface area contributed by atoms with Gasteiger partial charge >= 0.3 is 23.9 Å². The van der Waals surface area contributed by atoms with Crippen molar-refractivity contribution in [2.24, 2.45) is 21.7 Å². The average Bonchev–Trinajstić information content (AvgIpc) is 2.69. The van der Waals surface area contributed by atoms with E-state index in [2.05, 4.69) is 0 Å². The minimum Gasteiger partial charge on any atom is -0.481 e. The molecule has 0 aromatic carbocycles. The molecule has 0 heterocycles. The van der Waals surface area contributed by atoms with Gasteiger partial charge in [-0.15, -0.1) is 0 Å². The van der Waals surface area contributed by atoms with Gasteiger partial charge in [0.25, 0.3) is 0 Å². The highest BCUT2D eigenvalue weighted by molar-refractivity contribution is 5.90. The minimum atomic E-state index is -1.54. The first-order valence-corrected chi connectivity index (χ1v) is 10.3. The lowest BCUT2D eigenvalue weighted by Gasteiger charge is -2.39. The van der Waals surface area contributed by atoms with Gasteiger partial charge in [0.15, 0.2) is 0 Å². The topological polar surface area (TPSA) is 116 Å². The van der Waals surface area contributed by atoms with Crippen molar-refractivity contribution in [2.75, 3.05) is 20.3 Å². The molecule has 1 unspecified atom stereocenters. The predicted molar refractivity (Wildman–Crippen MR) is 115 cm³/mol. The van der Waals surface area contributed by atoms with Crippen LogP contribution in [0, 0.1) is 21.7 Å². The first-order valence-electron chi connectivity index (χ1n) is 10.3. The Kier molecular flexibility index (Phi) is 9.50. The summed E-state index contributed by atoms with van der Waals surface area (Å²) in [7, 11) is 1.21. The number of rotatable bonds is 11. The summed E-state index contributed by atoms with van der Waals surface area (Å²) in [6.45, 7) is 14.2. The summed E-state index contributed by atoms with van der Waals surface area (Å²) >= 11 is 0. The maximum absolute atomic E-state index is 13.1. The molecular formula is C23H38O8. The van der Waals surface area contributed by atoms with Crippen LogP contribution in [0.15, 0.2) is 11.6 Å². The Balaban J connectivity index is 5.79. The van der Waals surface area contributed by atoms with Crippen molar-refractivity contribution in [1.82, 2.24) is 0 Å². The van der Waals surface area contributed by atoms with Crippen molar-refractivity contribution >= 4 is 23.9 Å². The van der Waals surface area contributed by atoms with Crippen molar-refractivity contribution in [3.8, 4) is 0 Å². The summed E-state index contributed by atoms with van der Waals surface area (Å²) in [5.74, 6) is -2.88. The summed E-state index contributed by atoms with van der Waals surface area (Å²) in [4.78, 5) is 49.3. The largest absolute Gasteiger partial charge is 0.481 e. The molecule has 0 saturated heterocycles. The molecule has 0 radical (unpaired) electrons. The number of hydrogen-bond acceptors (Lipinski definition) is 7. The highest BCUT2D eigenvalue weighted by Crippen LogP contribution is 2.45. The molecule has 178 valence electrons. The standard InChI is InChI=1S/C23H38O8/c1-11-20(3,4)17(26)30-12-13-31-19(28)23(9,22(7,8)18(27)29-10)14-15(2)21(5,6)16(24)25/h14H,11-13H2,1-10H3,(H,24,25). The normalized spacial score (nSPS) is 15.0. The van der Waals surface area contributed by atoms with E-state index in [1.54, 1.807) is 20.8 Å². The zero-order valence-electron chi connectivity index (χ0n) is 20.5. The highest BCUT2D eigenvalue weighted by Gasteiger charge is 2.53. The maximum Gasteiger partial charge on any atom is 0.316 e. The van der Waals surface area contributed by atoms with E-state index in [1.165, 1.54) is 47.8 Å². The Labute approximate surface area is 185 Å². The first kappa shape index (κ1) is 28.6. The molecule has 0 aliphatic rings. The van der Waals surface area contributed by atoms with Crippen LogP contribution in [0.1, 0.15) is 68.7 Å². The lowest BCUT2D eigenvalue weighted by molar-refractivity contribution is -0.173. The Morgan fingerprint density at radius 3 is 1.68 bits per heavy atom. The lowest BCUT2D eigenvalue weighted by Crippen LogP contribution is -2.48. The molecule has 0 aromatic heterocycles. The quantitative estimate of drug-likeness (QED) is 0.222. The third-order valence-electron chi connectivity index (χ3n) is 6.43. The fourth-order valence-corrected chi connectivity index (χ4v) is 2.50. The van der Waals surface area contributed by atoms with Gasteiger partial charge in [0, 0.05) is 0 Å². The third-order valence-corrected chi connectivity index (χ3v) is 6.43. The number of carboxylic acids is 1. The van der Waals surface area contributed by atoms with E-state index in [-0.39, 0.29) is 13.2 Å². The minimum absolute atomic E-state index is 0.133. The molecule has 0 fully saturated rings. The van der Waals surface area contributed by atoms with Crippen molar-refractivity contribution < 1.29 is 38.5 Å². The van der Waals surface area contributed by atoms with Crippen LogP contribution in [0.3, 0.4) is 0 Å². The van der Waals surface area contributed by atoms with Crippen LogP contribution in [-0.4, -0.2) is 49.3 Å². The summed E-state index contributed by atoms with van der Waals surface area (Å²) in [6, 6.07) is 0. The van der Waals surface area contributed by atoms with E-state index >= 15 is 0 Å². The van der Waals surface area contributed by atoms with E-state index in [9.17, 15) is 24.3 Å². The van der Waals surface area contributed by atoms with Crippen LogP contribution in [0.25, 0.3) is 0 Å². The molecule has 0 saturated carbocycles. The second kappa shape index (κ2) is 10.3. The molecule has 0 aliphatic heterocycles. The smallest absolute Gasteiger partial charge is 0.316 e. The third kappa shape index (κ3) is 6.31. The highest BCUT2D eigenvalue weighted by atomic mass is 16.6. The van der Waals surface area contributed by atoms with Gasteiger partial charge in [-0.1, -0.05) is 18.6 Å². The van der Waals surface area contributed by atoms with Crippen molar-refractivity contribution in [3.05, 3.63) is 11.6 Å². The second-order valence-corrected chi connectivity index (χ2v) is 9.59. The molecule has 0 bridgehead atoms. The number of carbonyl (C=O) groups excluding carboxylic acids is 3. The van der Waals surface area contributed by atoms with E-state index in [4.69, 9.17) is 14.2 Å². The van der Waals surface area contributed by atoms with Gasteiger partial charge in [0.05, 0.1) is 28.8 Å². The first-order chi connectivity index (χ1) is 13.9. The van der Waals surface area contributed by atoms with Crippen LogP contribution >= 0.6 is 0 Å². The Hall–Kier alpha value is -2.38. The number of hydrogen-bond donors (Lipinski definition) is 1. The van der Waals surface area contributed by atoms with Crippen LogP contribution in [0.2, 0.25) is 0 Å². The van der Waals surface area contributed by atoms with Gasteiger partial charge in [-0.2, -0.15) is 0 Å². The van der Waals surface area contributed by atoms with Gasteiger partial charge < -0.3 is 19.3 Å². The Bertz CT molecular complexity index is 730. The molecule has 8 heteroatoms. The van der Waals surface area contributed by atoms with E-state index in [0.717, 1.165) is 0 Å². The van der Waals surface area contributed by atoms with E-state index in [0.29, 0.717) is 12.0 Å². The molecule has 0 rings (SSSR count). The molecular weight excluding hydrogens is 404 g/mol. The van der Waals surface area contributed by atoms with Crippen molar-refractivity contribution in [2.45, 2.75) is 68.7 Å². The molecule has 8 nitrogen and oxygen atoms in total. The zero-order valence-corrected chi connectivity index (χ0v) is 20.5. The SMILES string of the molecule is CCC(C)(C)C(=O)OCCOC(=O)C(C)(C=C(C)C(C)(C)C(=O)O)C(C)(C)C(=O)OC. The number of carboxylic acid groups (broad SMARTS) is 1. The molecule has 1 N–H and O–H groups in total. The Morgan fingerprint density at radius 2 is 1.29 bits per heavy atom. The summed E-state index contributed by atoms with van der Waals surface area (Å²) in [5, 5.41) is 9.52.